The molecule has 2 aliphatic rings. The van der Waals surface area contributed by atoms with Gasteiger partial charge in [0, 0.05) is 12.3 Å². The first-order valence-electron chi connectivity index (χ1n) is 8.98. The highest BCUT2D eigenvalue weighted by Crippen LogP contribution is 2.22. The summed E-state index contributed by atoms with van der Waals surface area (Å²) in [6.45, 7) is 2.26. The molecule has 0 N–H and O–H groups in total. The van der Waals surface area contributed by atoms with Crippen molar-refractivity contribution >= 4 is 11.9 Å². The van der Waals surface area contributed by atoms with Gasteiger partial charge < -0.3 is 0 Å². The fourth-order valence-corrected chi connectivity index (χ4v) is 3.39. The van der Waals surface area contributed by atoms with Gasteiger partial charge in [-0.25, -0.2) is 0 Å². The van der Waals surface area contributed by atoms with Crippen LogP contribution in [0.2, 0.25) is 0 Å². The standard InChI is InChI=1S/C18H32N2/c1-2-3-10-18(20-17-13-8-5-9-14-17)15-19-16-11-6-4-7-12-16/h15-17H,2-14H2,1H3. The third-order valence-corrected chi connectivity index (χ3v) is 4.72. The molecule has 0 aliphatic heterocycles. The summed E-state index contributed by atoms with van der Waals surface area (Å²) in [6.07, 6.45) is 19.2. The zero-order chi connectivity index (χ0) is 14.0. The molecule has 2 nitrogen and oxygen atoms in total. The molecular weight excluding hydrogens is 244 g/mol. The molecule has 2 heteroatoms. The molecule has 0 heterocycles. The van der Waals surface area contributed by atoms with Gasteiger partial charge in [-0.3, -0.25) is 9.98 Å². The maximum Gasteiger partial charge on any atom is 0.0529 e. The Morgan fingerprint density at radius 1 is 0.900 bits per heavy atom. The average molecular weight is 276 g/mol. The third-order valence-electron chi connectivity index (χ3n) is 4.72. The van der Waals surface area contributed by atoms with E-state index in [0.29, 0.717) is 12.1 Å². The van der Waals surface area contributed by atoms with E-state index in [1.165, 1.54) is 82.8 Å². The number of nitrogens with zero attached hydrogens (tertiary/aromatic N) is 2. The second-order valence-corrected chi connectivity index (χ2v) is 6.59. The molecule has 0 radical (unpaired) electrons. The van der Waals surface area contributed by atoms with E-state index in [1.807, 2.05) is 0 Å². The summed E-state index contributed by atoms with van der Waals surface area (Å²) in [7, 11) is 0. The van der Waals surface area contributed by atoms with Crippen LogP contribution in [0.25, 0.3) is 0 Å². The van der Waals surface area contributed by atoms with E-state index in [9.17, 15) is 0 Å². The average Bonchev–Trinajstić information content (AvgIpc) is 2.52. The number of unbranched alkanes of at least 4 members (excludes halogenated alkanes) is 1. The fraction of sp³-hybridized carbons (Fsp3) is 0.889. The lowest BCUT2D eigenvalue weighted by atomic mass is 9.95. The first-order chi connectivity index (χ1) is 9.88. The summed E-state index contributed by atoms with van der Waals surface area (Å²) in [5, 5.41) is 0. The quantitative estimate of drug-likeness (QED) is 0.584. The SMILES string of the molecule is CCCCC(C=NC1CCCCC1)=NC1CCCCC1. The highest BCUT2D eigenvalue weighted by molar-refractivity contribution is 6.30. The summed E-state index contributed by atoms with van der Waals surface area (Å²) in [5.41, 5.74) is 1.28. The zero-order valence-corrected chi connectivity index (χ0v) is 13.3. The van der Waals surface area contributed by atoms with Crippen LogP contribution in [-0.4, -0.2) is 24.0 Å². The van der Waals surface area contributed by atoms with Crippen LogP contribution in [0.1, 0.15) is 90.4 Å². The minimum Gasteiger partial charge on any atom is -0.288 e. The van der Waals surface area contributed by atoms with Crippen LogP contribution >= 0.6 is 0 Å². The van der Waals surface area contributed by atoms with Crippen molar-refractivity contribution in [1.29, 1.82) is 0 Å². The van der Waals surface area contributed by atoms with Gasteiger partial charge in [-0.15, -0.1) is 0 Å². The zero-order valence-electron chi connectivity index (χ0n) is 13.3. The molecule has 0 atom stereocenters. The normalized spacial score (nSPS) is 23.6. The van der Waals surface area contributed by atoms with Crippen LogP contribution in [0.15, 0.2) is 9.98 Å². The van der Waals surface area contributed by atoms with E-state index in [2.05, 4.69) is 13.1 Å². The molecule has 114 valence electrons. The first-order valence-corrected chi connectivity index (χ1v) is 8.98. The van der Waals surface area contributed by atoms with Gasteiger partial charge in [0.15, 0.2) is 0 Å². The van der Waals surface area contributed by atoms with Crippen molar-refractivity contribution < 1.29 is 0 Å². The fourth-order valence-electron chi connectivity index (χ4n) is 3.39. The Hall–Kier alpha value is -0.660. The van der Waals surface area contributed by atoms with E-state index < -0.39 is 0 Å². The topological polar surface area (TPSA) is 24.7 Å². The number of hydrogen-bond donors (Lipinski definition) is 0. The molecule has 0 aromatic heterocycles. The van der Waals surface area contributed by atoms with Crippen molar-refractivity contribution in [1.82, 2.24) is 0 Å². The summed E-state index contributed by atoms with van der Waals surface area (Å²) >= 11 is 0. The Kier molecular flexibility index (Phi) is 7.32. The van der Waals surface area contributed by atoms with Crippen molar-refractivity contribution in [2.45, 2.75) is 102 Å². The maximum absolute atomic E-state index is 5.02. The summed E-state index contributed by atoms with van der Waals surface area (Å²) in [4.78, 5) is 9.87. The van der Waals surface area contributed by atoms with Crippen LogP contribution in [-0.2, 0) is 0 Å². The van der Waals surface area contributed by atoms with Crippen LogP contribution in [0.4, 0.5) is 0 Å². The van der Waals surface area contributed by atoms with Crippen molar-refractivity contribution in [3.8, 4) is 0 Å². The van der Waals surface area contributed by atoms with Gasteiger partial charge in [0.2, 0.25) is 0 Å². The Morgan fingerprint density at radius 2 is 1.50 bits per heavy atom. The van der Waals surface area contributed by atoms with E-state index in [0.717, 1.165) is 6.42 Å². The minimum atomic E-state index is 0.585. The highest BCUT2D eigenvalue weighted by atomic mass is 14.8. The number of rotatable bonds is 6. The Morgan fingerprint density at radius 3 is 2.10 bits per heavy atom. The molecule has 2 aliphatic carbocycles. The van der Waals surface area contributed by atoms with Crippen molar-refractivity contribution in [2.75, 3.05) is 0 Å². The summed E-state index contributed by atoms with van der Waals surface area (Å²) < 4.78 is 0. The smallest absolute Gasteiger partial charge is 0.0529 e. The Balaban J connectivity index is 1.90. The van der Waals surface area contributed by atoms with Crippen molar-refractivity contribution in [3.05, 3.63) is 0 Å². The van der Waals surface area contributed by atoms with Crippen LogP contribution < -0.4 is 0 Å². The lowest BCUT2D eigenvalue weighted by Crippen LogP contribution is -2.15. The van der Waals surface area contributed by atoms with E-state index >= 15 is 0 Å². The second-order valence-electron chi connectivity index (χ2n) is 6.59. The maximum atomic E-state index is 5.02. The molecule has 0 amide bonds. The van der Waals surface area contributed by atoms with Gasteiger partial charge in [0.1, 0.15) is 0 Å². The number of hydrogen-bond acceptors (Lipinski definition) is 2. The molecule has 2 rings (SSSR count). The van der Waals surface area contributed by atoms with Crippen LogP contribution in [0, 0.1) is 0 Å². The first kappa shape index (κ1) is 15.7. The minimum absolute atomic E-state index is 0.585. The Bertz CT molecular complexity index is 307. The molecule has 0 unspecified atom stereocenters. The van der Waals surface area contributed by atoms with Gasteiger partial charge in [0.25, 0.3) is 0 Å². The van der Waals surface area contributed by atoms with E-state index in [-0.39, 0.29) is 0 Å². The summed E-state index contributed by atoms with van der Waals surface area (Å²) in [6, 6.07) is 1.18. The van der Waals surface area contributed by atoms with Gasteiger partial charge >= 0.3 is 0 Å². The predicted octanol–water partition coefficient (Wildman–Crippen LogP) is 5.35. The summed E-state index contributed by atoms with van der Waals surface area (Å²) in [5.74, 6) is 0. The van der Waals surface area contributed by atoms with Crippen molar-refractivity contribution in [2.24, 2.45) is 9.98 Å². The van der Waals surface area contributed by atoms with Gasteiger partial charge in [-0.1, -0.05) is 51.9 Å². The van der Waals surface area contributed by atoms with Crippen LogP contribution in [0.5, 0.6) is 0 Å². The van der Waals surface area contributed by atoms with Crippen molar-refractivity contribution in [3.63, 3.8) is 0 Å². The van der Waals surface area contributed by atoms with Crippen LogP contribution in [0.3, 0.4) is 0 Å². The molecule has 0 aromatic rings. The molecule has 0 aromatic carbocycles. The second kappa shape index (κ2) is 9.31. The van der Waals surface area contributed by atoms with Gasteiger partial charge in [-0.2, -0.15) is 0 Å². The van der Waals surface area contributed by atoms with Gasteiger partial charge in [-0.05, 0) is 38.5 Å². The largest absolute Gasteiger partial charge is 0.288 e. The Labute approximate surface area is 125 Å². The molecular formula is C18H32N2. The lowest BCUT2D eigenvalue weighted by Gasteiger charge is -2.19. The molecule has 0 bridgehead atoms. The van der Waals surface area contributed by atoms with E-state index in [1.54, 1.807) is 0 Å². The monoisotopic (exact) mass is 276 g/mol. The van der Waals surface area contributed by atoms with E-state index in [4.69, 9.17) is 9.98 Å². The number of aliphatic imine (C=N–C) groups is 2. The molecule has 2 saturated carbocycles. The van der Waals surface area contributed by atoms with Gasteiger partial charge in [0.05, 0.1) is 11.8 Å². The predicted molar refractivity (Wildman–Crippen MR) is 89.2 cm³/mol. The molecule has 0 saturated heterocycles. The highest BCUT2D eigenvalue weighted by Gasteiger charge is 2.14. The lowest BCUT2D eigenvalue weighted by molar-refractivity contribution is 0.442. The molecule has 2 fully saturated rings. The molecule has 20 heavy (non-hydrogen) atoms. The molecule has 0 spiro atoms. The third kappa shape index (κ3) is 5.76.